The molecule has 0 spiro atoms. The SMILES string of the molecule is COc1ccccc1OCC(=O)Nc1ccc(C2CNC(=O)O2)cc1. The minimum atomic E-state index is -0.420. The van der Waals surface area contributed by atoms with Crippen LogP contribution in [0.2, 0.25) is 0 Å². The third kappa shape index (κ3) is 4.20. The zero-order chi connectivity index (χ0) is 17.6. The first-order valence-electron chi connectivity index (χ1n) is 7.76. The number of nitrogens with one attached hydrogen (secondary N) is 2. The summed E-state index contributed by atoms with van der Waals surface area (Å²) >= 11 is 0. The number of alkyl carbamates (subject to hydrolysis) is 1. The Morgan fingerprint density at radius 3 is 2.56 bits per heavy atom. The first-order valence-corrected chi connectivity index (χ1v) is 7.76. The molecule has 1 fully saturated rings. The van der Waals surface area contributed by atoms with Crippen LogP contribution in [0.25, 0.3) is 0 Å². The van der Waals surface area contributed by atoms with E-state index in [1.54, 1.807) is 37.4 Å². The van der Waals surface area contributed by atoms with Crippen molar-refractivity contribution in [1.82, 2.24) is 5.32 Å². The maximum Gasteiger partial charge on any atom is 0.407 e. The fraction of sp³-hybridized carbons (Fsp3) is 0.222. The van der Waals surface area contributed by atoms with E-state index in [-0.39, 0.29) is 18.6 Å². The number of para-hydroxylation sites is 2. The smallest absolute Gasteiger partial charge is 0.407 e. The van der Waals surface area contributed by atoms with Gasteiger partial charge in [0, 0.05) is 5.69 Å². The van der Waals surface area contributed by atoms with E-state index in [1.165, 1.54) is 0 Å². The summed E-state index contributed by atoms with van der Waals surface area (Å²) in [6.07, 6.45) is -0.720. The monoisotopic (exact) mass is 342 g/mol. The van der Waals surface area contributed by atoms with Gasteiger partial charge in [-0.1, -0.05) is 24.3 Å². The van der Waals surface area contributed by atoms with Gasteiger partial charge < -0.3 is 24.8 Å². The lowest BCUT2D eigenvalue weighted by Crippen LogP contribution is -2.20. The van der Waals surface area contributed by atoms with Crippen molar-refractivity contribution >= 4 is 17.7 Å². The summed E-state index contributed by atoms with van der Waals surface area (Å²) in [5.74, 6) is 0.790. The maximum atomic E-state index is 12.0. The molecule has 1 aliphatic heterocycles. The first kappa shape index (κ1) is 16.6. The van der Waals surface area contributed by atoms with Crippen molar-refractivity contribution in [3.63, 3.8) is 0 Å². The molecule has 1 unspecified atom stereocenters. The molecule has 7 heteroatoms. The van der Waals surface area contributed by atoms with Gasteiger partial charge in [0.05, 0.1) is 13.7 Å². The molecule has 3 rings (SSSR count). The highest BCUT2D eigenvalue weighted by molar-refractivity contribution is 5.91. The molecule has 0 bridgehead atoms. The number of cyclic esters (lactones) is 1. The van der Waals surface area contributed by atoms with Crippen LogP contribution in [-0.4, -0.2) is 32.3 Å². The van der Waals surface area contributed by atoms with Crippen molar-refractivity contribution in [1.29, 1.82) is 0 Å². The Labute approximate surface area is 144 Å². The van der Waals surface area contributed by atoms with Gasteiger partial charge >= 0.3 is 6.09 Å². The molecule has 1 aliphatic rings. The van der Waals surface area contributed by atoms with Gasteiger partial charge in [-0.3, -0.25) is 4.79 Å². The van der Waals surface area contributed by atoms with Crippen LogP contribution in [0.5, 0.6) is 11.5 Å². The van der Waals surface area contributed by atoms with E-state index in [0.717, 1.165) is 5.56 Å². The summed E-state index contributed by atoms with van der Waals surface area (Å²) in [6, 6.07) is 14.2. The van der Waals surface area contributed by atoms with E-state index < -0.39 is 6.09 Å². The number of amides is 2. The molecular formula is C18H18N2O5. The van der Waals surface area contributed by atoms with E-state index in [1.807, 2.05) is 18.2 Å². The molecule has 7 nitrogen and oxygen atoms in total. The average molecular weight is 342 g/mol. The zero-order valence-corrected chi connectivity index (χ0v) is 13.7. The molecular weight excluding hydrogens is 324 g/mol. The van der Waals surface area contributed by atoms with Gasteiger partial charge in [-0.05, 0) is 29.8 Å². The molecule has 2 aromatic carbocycles. The van der Waals surface area contributed by atoms with E-state index in [9.17, 15) is 9.59 Å². The molecule has 0 saturated carbocycles. The zero-order valence-electron chi connectivity index (χ0n) is 13.7. The van der Waals surface area contributed by atoms with Gasteiger partial charge in [-0.15, -0.1) is 0 Å². The molecule has 0 radical (unpaired) electrons. The number of hydrogen-bond acceptors (Lipinski definition) is 5. The largest absolute Gasteiger partial charge is 0.493 e. The van der Waals surface area contributed by atoms with Crippen molar-refractivity contribution in [3.05, 3.63) is 54.1 Å². The number of carbonyl (C=O) groups excluding carboxylic acids is 2. The van der Waals surface area contributed by atoms with Crippen LogP contribution in [-0.2, 0) is 9.53 Å². The van der Waals surface area contributed by atoms with E-state index in [2.05, 4.69) is 10.6 Å². The Morgan fingerprint density at radius 1 is 1.20 bits per heavy atom. The van der Waals surface area contributed by atoms with E-state index in [4.69, 9.17) is 14.2 Å². The Bertz CT molecular complexity index is 760. The van der Waals surface area contributed by atoms with Crippen LogP contribution in [0.3, 0.4) is 0 Å². The summed E-state index contributed by atoms with van der Waals surface area (Å²) in [4.78, 5) is 23.1. The van der Waals surface area contributed by atoms with Crippen LogP contribution in [0, 0.1) is 0 Å². The van der Waals surface area contributed by atoms with Gasteiger partial charge in [-0.2, -0.15) is 0 Å². The number of methoxy groups -OCH3 is 1. The van der Waals surface area contributed by atoms with E-state index >= 15 is 0 Å². The minimum absolute atomic E-state index is 0.133. The predicted molar refractivity (Wildman–Crippen MR) is 90.8 cm³/mol. The highest BCUT2D eigenvalue weighted by atomic mass is 16.6. The standard InChI is InChI=1S/C18H18N2O5/c1-23-14-4-2-3-5-15(14)24-11-17(21)20-13-8-6-12(7-9-13)16-10-19-18(22)25-16/h2-9,16H,10-11H2,1H3,(H,19,22)(H,20,21). The lowest BCUT2D eigenvalue weighted by atomic mass is 10.1. The molecule has 1 heterocycles. The average Bonchev–Trinajstić information content (AvgIpc) is 3.07. The molecule has 2 amide bonds. The quantitative estimate of drug-likeness (QED) is 0.842. The molecule has 130 valence electrons. The number of rotatable bonds is 6. The van der Waals surface area contributed by atoms with Crippen molar-refractivity contribution in [2.75, 3.05) is 25.6 Å². The van der Waals surface area contributed by atoms with Gasteiger partial charge in [-0.25, -0.2) is 4.79 Å². The molecule has 0 aromatic heterocycles. The molecule has 0 aliphatic carbocycles. The highest BCUT2D eigenvalue weighted by Crippen LogP contribution is 2.26. The Morgan fingerprint density at radius 2 is 1.92 bits per heavy atom. The van der Waals surface area contributed by atoms with Crippen molar-refractivity contribution in [2.45, 2.75) is 6.10 Å². The van der Waals surface area contributed by atoms with Gasteiger partial charge in [0.2, 0.25) is 0 Å². The summed E-state index contributed by atoms with van der Waals surface area (Å²) in [6.45, 7) is 0.309. The molecule has 25 heavy (non-hydrogen) atoms. The topological polar surface area (TPSA) is 85.9 Å². The number of carbonyl (C=O) groups is 2. The van der Waals surface area contributed by atoms with Crippen LogP contribution in [0.4, 0.5) is 10.5 Å². The normalized spacial score (nSPS) is 15.9. The Hall–Kier alpha value is -3.22. The van der Waals surface area contributed by atoms with Crippen LogP contribution in [0.15, 0.2) is 48.5 Å². The molecule has 2 aromatic rings. The van der Waals surface area contributed by atoms with Crippen LogP contribution in [0.1, 0.15) is 11.7 Å². The fourth-order valence-electron chi connectivity index (χ4n) is 2.43. The second kappa shape index (κ2) is 7.57. The lowest BCUT2D eigenvalue weighted by Gasteiger charge is -2.11. The van der Waals surface area contributed by atoms with Gasteiger partial charge in [0.25, 0.3) is 5.91 Å². The Kier molecular flexibility index (Phi) is 5.03. The number of benzene rings is 2. The maximum absolute atomic E-state index is 12.0. The summed E-state index contributed by atoms with van der Waals surface area (Å²) in [5.41, 5.74) is 1.50. The fourth-order valence-corrected chi connectivity index (χ4v) is 2.43. The second-order valence-electron chi connectivity index (χ2n) is 5.38. The summed E-state index contributed by atoms with van der Waals surface area (Å²) in [5, 5.41) is 5.35. The Balaban J connectivity index is 1.53. The van der Waals surface area contributed by atoms with Crippen LogP contribution >= 0.6 is 0 Å². The van der Waals surface area contributed by atoms with Gasteiger partial charge in [0.15, 0.2) is 18.1 Å². The minimum Gasteiger partial charge on any atom is -0.493 e. The third-order valence-electron chi connectivity index (χ3n) is 3.68. The molecule has 2 N–H and O–H groups in total. The van der Waals surface area contributed by atoms with Gasteiger partial charge in [0.1, 0.15) is 6.10 Å². The number of anilines is 1. The van der Waals surface area contributed by atoms with Crippen LogP contribution < -0.4 is 20.1 Å². The summed E-state index contributed by atoms with van der Waals surface area (Å²) in [7, 11) is 1.54. The number of ether oxygens (including phenoxy) is 3. The predicted octanol–water partition coefficient (Wildman–Crippen LogP) is 2.49. The molecule has 1 atom stereocenters. The van der Waals surface area contributed by atoms with Crippen molar-refractivity contribution < 1.29 is 23.8 Å². The van der Waals surface area contributed by atoms with Crippen molar-refractivity contribution in [2.24, 2.45) is 0 Å². The highest BCUT2D eigenvalue weighted by Gasteiger charge is 2.23. The third-order valence-corrected chi connectivity index (χ3v) is 3.68. The summed E-state index contributed by atoms with van der Waals surface area (Å²) < 4.78 is 15.8. The lowest BCUT2D eigenvalue weighted by molar-refractivity contribution is -0.118. The number of hydrogen-bond donors (Lipinski definition) is 2. The van der Waals surface area contributed by atoms with Crippen molar-refractivity contribution in [3.8, 4) is 11.5 Å². The second-order valence-corrected chi connectivity index (χ2v) is 5.38. The molecule has 1 saturated heterocycles. The first-order chi connectivity index (χ1) is 12.2. The van der Waals surface area contributed by atoms with E-state index in [0.29, 0.717) is 23.7 Å².